The summed E-state index contributed by atoms with van der Waals surface area (Å²) in [5.74, 6) is 0.644. The second kappa shape index (κ2) is 11.3. The van der Waals surface area contributed by atoms with E-state index in [2.05, 4.69) is 58.9 Å². The maximum Gasteiger partial charge on any atom is -0.0245 e. The summed E-state index contributed by atoms with van der Waals surface area (Å²) in [7, 11) is 0. The van der Waals surface area contributed by atoms with Crippen LogP contribution in [0.5, 0.6) is 0 Å². The van der Waals surface area contributed by atoms with Crippen molar-refractivity contribution in [1.29, 1.82) is 0 Å². The standard InChI is InChI=1S/C18H32/c1-6-9-10-11-13-18(15-14-16(4)5)17(8-3)12-7-2/h9-10,14-16H,6-8,11-13H2,1-5H3/b10-9-,15-14-,18-17+. The number of rotatable bonds is 9. The summed E-state index contributed by atoms with van der Waals surface area (Å²) in [6.45, 7) is 11.3. The van der Waals surface area contributed by atoms with Crippen LogP contribution in [0.1, 0.15) is 73.1 Å². The SMILES string of the molecule is CC/C=C\CCC(/C=C\C(C)C)=C(/CC)CCC. The molecule has 0 rings (SSSR count). The molecule has 0 N–H and O–H groups in total. The molecule has 0 aliphatic carbocycles. The zero-order chi connectivity index (χ0) is 13.8. The Bertz CT molecular complexity index is 276. The van der Waals surface area contributed by atoms with E-state index in [-0.39, 0.29) is 0 Å². The number of hydrogen-bond donors (Lipinski definition) is 0. The van der Waals surface area contributed by atoms with E-state index >= 15 is 0 Å². The lowest BCUT2D eigenvalue weighted by molar-refractivity contribution is 0.811. The minimum absolute atomic E-state index is 0.644. The Balaban J connectivity index is 4.73. The van der Waals surface area contributed by atoms with Crippen molar-refractivity contribution in [1.82, 2.24) is 0 Å². The van der Waals surface area contributed by atoms with Crippen LogP contribution >= 0.6 is 0 Å². The molecule has 0 aromatic heterocycles. The first-order valence-corrected chi connectivity index (χ1v) is 7.69. The molecule has 0 nitrogen and oxygen atoms in total. The Morgan fingerprint density at radius 3 is 2.22 bits per heavy atom. The van der Waals surface area contributed by atoms with Crippen molar-refractivity contribution in [2.24, 2.45) is 5.92 Å². The molecular formula is C18H32. The van der Waals surface area contributed by atoms with Crippen LogP contribution in [0.3, 0.4) is 0 Å². The normalized spacial score (nSPS) is 13.9. The molecule has 104 valence electrons. The molecule has 0 amide bonds. The predicted molar refractivity (Wildman–Crippen MR) is 84.9 cm³/mol. The van der Waals surface area contributed by atoms with Crippen LogP contribution < -0.4 is 0 Å². The van der Waals surface area contributed by atoms with E-state index in [0.717, 1.165) is 6.42 Å². The van der Waals surface area contributed by atoms with Gasteiger partial charge in [-0.2, -0.15) is 0 Å². The largest absolute Gasteiger partial charge is 0.0888 e. The quantitative estimate of drug-likeness (QED) is 0.325. The molecule has 0 aliphatic heterocycles. The highest BCUT2D eigenvalue weighted by Crippen LogP contribution is 2.21. The van der Waals surface area contributed by atoms with Crippen molar-refractivity contribution < 1.29 is 0 Å². The van der Waals surface area contributed by atoms with Crippen LogP contribution in [0, 0.1) is 5.92 Å². The average molecular weight is 248 g/mol. The molecule has 0 radical (unpaired) electrons. The van der Waals surface area contributed by atoms with Crippen molar-refractivity contribution in [3.63, 3.8) is 0 Å². The molecule has 0 spiro atoms. The molecule has 0 aliphatic rings. The maximum absolute atomic E-state index is 2.37. The summed E-state index contributed by atoms with van der Waals surface area (Å²) < 4.78 is 0. The lowest BCUT2D eigenvalue weighted by Gasteiger charge is -2.10. The van der Waals surface area contributed by atoms with Gasteiger partial charge in [-0.05, 0) is 43.6 Å². The topological polar surface area (TPSA) is 0 Å². The fourth-order valence-electron chi connectivity index (χ4n) is 2.08. The number of allylic oxidation sites excluding steroid dienone is 6. The molecular weight excluding hydrogens is 216 g/mol. The smallest absolute Gasteiger partial charge is 0.0245 e. The Labute approximate surface area is 115 Å². The monoisotopic (exact) mass is 248 g/mol. The van der Waals surface area contributed by atoms with E-state index < -0.39 is 0 Å². The van der Waals surface area contributed by atoms with Crippen molar-refractivity contribution in [3.8, 4) is 0 Å². The van der Waals surface area contributed by atoms with Gasteiger partial charge >= 0.3 is 0 Å². The third kappa shape index (κ3) is 8.33. The lowest BCUT2D eigenvalue weighted by Crippen LogP contribution is -1.91. The second-order valence-corrected chi connectivity index (χ2v) is 5.25. The number of hydrogen-bond acceptors (Lipinski definition) is 0. The first kappa shape index (κ1) is 17.2. The van der Waals surface area contributed by atoms with Crippen molar-refractivity contribution >= 4 is 0 Å². The molecule has 0 heteroatoms. The summed E-state index contributed by atoms with van der Waals surface area (Å²) in [4.78, 5) is 0. The van der Waals surface area contributed by atoms with Crippen LogP contribution in [0.25, 0.3) is 0 Å². The van der Waals surface area contributed by atoms with Gasteiger partial charge in [0.05, 0.1) is 0 Å². The molecule has 0 heterocycles. The Morgan fingerprint density at radius 1 is 1.00 bits per heavy atom. The summed E-state index contributed by atoms with van der Waals surface area (Å²) >= 11 is 0. The average Bonchev–Trinajstić information content (AvgIpc) is 2.35. The van der Waals surface area contributed by atoms with Gasteiger partial charge in [0.2, 0.25) is 0 Å². The highest BCUT2D eigenvalue weighted by atomic mass is 14.1. The van der Waals surface area contributed by atoms with Crippen molar-refractivity contribution in [3.05, 3.63) is 35.5 Å². The van der Waals surface area contributed by atoms with E-state index in [4.69, 9.17) is 0 Å². The zero-order valence-electron chi connectivity index (χ0n) is 13.1. The predicted octanol–water partition coefficient (Wildman–Crippen LogP) is 6.45. The molecule has 0 unspecified atom stereocenters. The van der Waals surface area contributed by atoms with E-state index in [1.807, 2.05) is 0 Å². The molecule has 18 heavy (non-hydrogen) atoms. The molecule has 0 bridgehead atoms. The van der Waals surface area contributed by atoms with Gasteiger partial charge in [-0.3, -0.25) is 0 Å². The maximum atomic E-state index is 2.37. The van der Waals surface area contributed by atoms with Gasteiger partial charge in [0.1, 0.15) is 0 Å². The Hall–Kier alpha value is -0.780. The van der Waals surface area contributed by atoms with Crippen LogP contribution in [0.2, 0.25) is 0 Å². The summed E-state index contributed by atoms with van der Waals surface area (Å²) in [6, 6.07) is 0. The van der Waals surface area contributed by atoms with Gasteiger partial charge in [0.25, 0.3) is 0 Å². The van der Waals surface area contributed by atoms with Gasteiger partial charge in [0.15, 0.2) is 0 Å². The molecule has 0 saturated heterocycles. The van der Waals surface area contributed by atoms with Crippen LogP contribution in [0.15, 0.2) is 35.5 Å². The van der Waals surface area contributed by atoms with Gasteiger partial charge in [-0.25, -0.2) is 0 Å². The van der Waals surface area contributed by atoms with E-state index in [1.165, 1.54) is 32.1 Å². The Kier molecular flexibility index (Phi) is 10.8. The fraction of sp³-hybridized carbons (Fsp3) is 0.667. The van der Waals surface area contributed by atoms with E-state index in [1.54, 1.807) is 11.1 Å². The minimum atomic E-state index is 0.644. The van der Waals surface area contributed by atoms with E-state index in [9.17, 15) is 0 Å². The van der Waals surface area contributed by atoms with Gasteiger partial charge in [-0.15, -0.1) is 0 Å². The van der Waals surface area contributed by atoms with Crippen LogP contribution in [-0.2, 0) is 0 Å². The van der Waals surface area contributed by atoms with E-state index in [0.29, 0.717) is 5.92 Å². The third-order valence-corrected chi connectivity index (χ3v) is 3.10. The molecule has 0 aromatic rings. The minimum Gasteiger partial charge on any atom is -0.0888 e. The Morgan fingerprint density at radius 2 is 1.72 bits per heavy atom. The van der Waals surface area contributed by atoms with Gasteiger partial charge < -0.3 is 0 Å². The first-order chi connectivity index (χ1) is 8.65. The van der Waals surface area contributed by atoms with Gasteiger partial charge in [-0.1, -0.05) is 70.9 Å². The molecule has 0 fully saturated rings. The third-order valence-electron chi connectivity index (χ3n) is 3.10. The summed E-state index contributed by atoms with van der Waals surface area (Å²) in [6.07, 6.45) is 16.5. The van der Waals surface area contributed by atoms with Crippen LogP contribution in [0.4, 0.5) is 0 Å². The highest BCUT2D eigenvalue weighted by Gasteiger charge is 2.01. The summed E-state index contributed by atoms with van der Waals surface area (Å²) in [5.41, 5.74) is 3.23. The molecule has 0 aromatic carbocycles. The summed E-state index contributed by atoms with van der Waals surface area (Å²) in [5, 5.41) is 0. The van der Waals surface area contributed by atoms with Gasteiger partial charge in [0, 0.05) is 0 Å². The molecule has 0 saturated carbocycles. The van der Waals surface area contributed by atoms with Crippen molar-refractivity contribution in [2.75, 3.05) is 0 Å². The zero-order valence-corrected chi connectivity index (χ0v) is 13.1. The molecule has 0 atom stereocenters. The fourth-order valence-corrected chi connectivity index (χ4v) is 2.08. The van der Waals surface area contributed by atoms with Crippen molar-refractivity contribution in [2.45, 2.75) is 73.1 Å². The first-order valence-electron chi connectivity index (χ1n) is 7.69. The second-order valence-electron chi connectivity index (χ2n) is 5.25. The van der Waals surface area contributed by atoms with Crippen LogP contribution in [-0.4, -0.2) is 0 Å². The lowest BCUT2D eigenvalue weighted by atomic mass is 9.96. The highest BCUT2D eigenvalue weighted by molar-refractivity contribution is 5.26.